The summed E-state index contributed by atoms with van der Waals surface area (Å²) in [5.41, 5.74) is 15.6. The molecule has 12 aromatic rings. The minimum Gasteiger partial charge on any atom is -0.456 e. The van der Waals surface area contributed by atoms with E-state index < -0.39 is 0 Å². The van der Waals surface area contributed by atoms with Crippen molar-refractivity contribution in [2.75, 3.05) is 4.90 Å². The Kier molecular flexibility index (Phi) is 8.17. The molecule has 0 saturated carbocycles. The number of benzene rings is 10. The van der Waals surface area contributed by atoms with Crippen LogP contribution >= 0.6 is 0 Å². The van der Waals surface area contributed by atoms with E-state index in [0.29, 0.717) is 0 Å². The zero-order chi connectivity index (χ0) is 40.3. The first-order valence-corrected chi connectivity index (χ1v) is 20.8. The van der Waals surface area contributed by atoms with Gasteiger partial charge >= 0.3 is 0 Å². The lowest BCUT2D eigenvalue weighted by Gasteiger charge is -2.28. The van der Waals surface area contributed by atoms with Crippen LogP contribution in [0.15, 0.2) is 235 Å². The monoisotopic (exact) mass is 778 g/mol. The first-order chi connectivity index (χ1) is 30.2. The molecule has 3 nitrogen and oxygen atoms in total. The minimum atomic E-state index is 0.890. The predicted molar refractivity (Wildman–Crippen MR) is 257 cm³/mol. The molecule has 0 aliphatic carbocycles. The average Bonchev–Trinajstić information content (AvgIpc) is 3.88. The second-order valence-corrected chi connectivity index (χ2v) is 15.7. The fourth-order valence-corrected chi connectivity index (χ4v) is 9.33. The Morgan fingerprint density at radius 1 is 0.328 bits per heavy atom. The van der Waals surface area contributed by atoms with E-state index in [-0.39, 0.29) is 0 Å². The Morgan fingerprint density at radius 2 is 0.885 bits per heavy atom. The van der Waals surface area contributed by atoms with Crippen molar-refractivity contribution < 1.29 is 4.42 Å². The summed E-state index contributed by atoms with van der Waals surface area (Å²) in [5, 5.41) is 7.24. The highest BCUT2D eigenvalue weighted by atomic mass is 16.3. The lowest BCUT2D eigenvalue weighted by atomic mass is 9.97. The molecule has 0 radical (unpaired) electrons. The highest BCUT2D eigenvalue weighted by molar-refractivity contribution is 6.09. The molecule has 0 fully saturated rings. The number of aromatic nitrogens is 1. The van der Waals surface area contributed by atoms with Crippen LogP contribution in [0.25, 0.3) is 93.6 Å². The van der Waals surface area contributed by atoms with Gasteiger partial charge in [0.15, 0.2) is 0 Å². The molecule has 0 atom stereocenters. The molecule has 0 bridgehead atoms. The van der Waals surface area contributed by atoms with Crippen molar-refractivity contribution in [2.24, 2.45) is 0 Å². The lowest BCUT2D eigenvalue weighted by Crippen LogP contribution is -2.11. The van der Waals surface area contributed by atoms with Gasteiger partial charge in [0.1, 0.15) is 11.2 Å². The second kappa shape index (κ2) is 14.3. The van der Waals surface area contributed by atoms with Gasteiger partial charge in [0.25, 0.3) is 0 Å². The van der Waals surface area contributed by atoms with Crippen molar-refractivity contribution >= 4 is 71.6 Å². The van der Waals surface area contributed by atoms with Crippen molar-refractivity contribution in [3.63, 3.8) is 0 Å². The third-order valence-electron chi connectivity index (χ3n) is 12.2. The largest absolute Gasteiger partial charge is 0.456 e. The molecule has 0 N–H and O–H groups in total. The Bertz CT molecular complexity index is 3530. The van der Waals surface area contributed by atoms with Crippen LogP contribution in [0.4, 0.5) is 17.1 Å². The zero-order valence-electron chi connectivity index (χ0n) is 33.2. The molecule has 12 rings (SSSR count). The molecule has 2 heterocycles. The highest BCUT2D eigenvalue weighted by Gasteiger charge is 2.19. The standard InChI is InChI=1S/C58H38N2O/c1-2-17-47-40(13-1)14-12-22-48(47)41-29-34-45(35-30-41)59(54-23-7-3-18-49(54)43-31-36-58-53(38-43)52-21-6-10-26-57(52)61-58)44-32-27-39(28-33-44)42-15-11-16-46(37-42)60-55-24-8-4-19-50(55)51-20-5-9-25-56(51)60/h1-38H. The maximum atomic E-state index is 6.24. The Hall–Kier alpha value is -8.14. The highest BCUT2D eigenvalue weighted by Crippen LogP contribution is 2.44. The lowest BCUT2D eigenvalue weighted by molar-refractivity contribution is 0.669. The van der Waals surface area contributed by atoms with Crippen molar-refractivity contribution in [1.82, 2.24) is 4.57 Å². The number of rotatable bonds is 7. The van der Waals surface area contributed by atoms with Crippen LogP contribution in [0.2, 0.25) is 0 Å². The molecule has 0 aliphatic heterocycles. The van der Waals surface area contributed by atoms with Gasteiger partial charge in [0, 0.05) is 44.2 Å². The van der Waals surface area contributed by atoms with Crippen LogP contribution in [0.3, 0.4) is 0 Å². The molecule has 0 amide bonds. The molecule has 2 aromatic heterocycles. The van der Waals surface area contributed by atoms with Gasteiger partial charge in [-0.3, -0.25) is 0 Å². The van der Waals surface area contributed by atoms with Crippen LogP contribution in [0, 0.1) is 0 Å². The van der Waals surface area contributed by atoms with Gasteiger partial charge < -0.3 is 13.9 Å². The number of fused-ring (bicyclic) bond motifs is 7. The van der Waals surface area contributed by atoms with Crippen molar-refractivity contribution in [3.8, 4) is 39.1 Å². The van der Waals surface area contributed by atoms with Crippen LogP contribution in [-0.2, 0) is 0 Å². The van der Waals surface area contributed by atoms with Crippen LogP contribution in [-0.4, -0.2) is 4.57 Å². The summed E-state index contributed by atoms with van der Waals surface area (Å²) in [4.78, 5) is 2.39. The summed E-state index contributed by atoms with van der Waals surface area (Å²) >= 11 is 0. The maximum Gasteiger partial charge on any atom is 0.135 e. The topological polar surface area (TPSA) is 21.3 Å². The Balaban J connectivity index is 0.977. The van der Waals surface area contributed by atoms with E-state index in [1.807, 2.05) is 12.1 Å². The van der Waals surface area contributed by atoms with Gasteiger partial charge in [-0.2, -0.15) is 0 Å². The van der Waals surface area contributed by atoms with Gasteiger partial charge in [0.2, 0.25) is 0 Å². The molecule has 3 heteroatoms. The smallest absolute Gasteiger partial charge is 0.135 e. The van der Waals surface area contributed by atoms with Crippen LogP contribution < -0.4 is 4.90 Å². The summed E-state index contributed by atoms with van der Waals surface area (Å²) < 4.78 is 8.62. The van der Waals surface area contributed by atoms with Crippen molar-refractivity contribution in [3.05, 3.63) is 231 Å². The fourth-order valence-electron chi connectivity index (χ4n) is 9.33. The SMILES string of the molecule is c1cc(-c2ccc(N(c3ccc(-c4cccc5ccccc45)cc3)c3ccccc3-c3ccc4oc5ccccc5c4c3)cc2)cc(-n2c3ccccc3c3ccccc32)c1. The molecule has 10 aromatic carbocycles. The minimum absolute atomic E-state index is 0.890. The van der Waals surface area contributed by atoms with E-state index in [1.165, 1.54) is 43.7 Å². The number of nitrogens with zero attached hydrogens (tertiary/aromatic N) is 2. The average molecular weight is 779 g/mol. The van der Waals surface area contributed by atoms with Gasteiger partial charge in [-0.05, 0) is 111 Å². The van der Waals surface area contributed by atoms with E-state index >= 15 is 0 Å². The van der Waals surface area contributed by atoms with Gasteiger partial charge in [-0.1, -0.05) is 158 Å². The normalized spacial score (nSPS) is 11.6. The first-order valence-electron chi connectivity index (χ1n) is 20.8. The van der Waals surface area contributed by atoms with E-state index in [9.17, 15) is 0 Å². The zero-order valence-corrected chi connectivity index (χ0v) is 33.2. The van der Waals surface area contributed by atoms with Crippen molar-refractivity contribution in [1.29, 1.82) is 0 Å². The molecule has 61 heavy (non-hydrogen) atoms. The summed E-state index contributed by atoms with van der Waals surface area (Å²) in [5.74, 6) is 0. The van der Waals surface area contributed by atoms with E-state index in [2.05, 4.69) is 228 Å². The summed E-state index contributed by atoms with van der Waals surface area (Å²) in [6.07, 6.45) is 0. The van der Waals surface area contributed by atoms with Crippen molar-refractivity contribution in [2.45, 2.75) is 0 Å². The number of anilines is 3. The number of furan rings is 1. The molecule has 0 aliphatic rings. The fraction of sp³-hybridized carbons (Fsp3) is 0. The summed E-state index contributed by atoms with van der Waals surface area (Å²) in [7, 11) is 0. The molecule has 0 saturated heterocycles. The summed E-state index contributed by atoms with van der Waals surface area (Å²) in [6.45, 7) is 0. The quantitative estimate of drug-likeness (QED) is 0.161. The van der Waals surface area contributed by atoms with Crippen LogP contribution in [0.1, 0.15) is 0 Å². The number of para-hydroxylation sites is 4. The van der Waals surface area contributed by atoms with Gasteiger partial charge in [-0.15, -0.1) is 0 Å². The van der Waals surface area contributed by atoms with Gasteiger partial charge in [0.05, 0.1) is 16.7 Å². The Morgan fingerprint density at radius 3 is 1.66 bits per heavy atom. The maximum absolute atomic E-state index is 6.24. The van der Waals surface area contributed by atoms with E-state index in [0.717, 1.165) is 66.9 Å². The molecule has 0 spiro atoms. The van der Waals surface area contributed by atoms with E-state index in [4.69, 9.17) is 4.42 Å². The molecular weight excluding hydrogens is 741 g/mol. The first kappa shape index (κ1) is 34.9. The number of hydrogen-bond acceptors (Lipinski definition) is 2. The van der Waals surface area contributed by atoms with E-state index in [1.54, 1.807) is 0 Å². The summed E-state index contributed by atoms with van der Waals surface area (Å²) in [6, 6.07) is 83.0. The Labute approximate surface area is 353 Å². The van der Waals surface area contributed by atoms with Gasteiger partial charge in [-0.25, -0.2) is 0 Å². The molecule has 0 unspecified atom stereocenters. The predicted octanol–water partition coefficient (Wildman–Crippen LogP) is 16.3. The second-order valence-electron chi connectivity index (χ2n) is 15.7. The third-order valence-corrected chi connectivity index (χ3v) is 12.2. The molecular formula is C58H38N2O. The third kappa shape index (κ3) is 5.90. The van der Waals surface area contributed by atoms with Crippen LogP contribution in [0.5, 0.6) is 0 Å². The number of hydrogen-bond donors (Lipinski definition) is 0. The molecule has 286 valence electrons.